The van der Waals surface area contributed by atoms with Crippen LogP contribution in [0.3, 0.4) is 0 Å². The number of nitrogens with zero attached hydrogens (tertiary/aromatic N) is 1. The maximum Gasteiger partial charge on any atom is 0.329 e. The molecule has 0 aliphatic carbocycles. The first-order valence-electron chi connectivity index (χ1n) is 9.30. The number of carboxylic acid groups (broad SMARTS) is 1. The zero-order chi connectivity index (χ0) is 24.1. The summed E-state index contributed by atoms with van der Waals surface area (Å²) < 4.78 is 24.2. The van der Waals surface area contributed by atoms with Crippen molar-refractivity contribution in [3.05, 3.63) is 57.9 Å². The summed E-state index contributed by atoms with van der Waals surface area (Å²) in [5, 5.41) is 13.7. The topological polar surface area (TPSA) is 134 Å². The molecule has 0 saturated carbocycles. The van der Waals surface area contributed by atoms with Gasteiger partial charge in [0.1, 0.15) is 18.1 Å². The number of anilines is 1. The number of aliphatic carboxylic acids is 1. The van der Waals surface area contributed by atoms with Crippen LogP contribution < -0.4 is 20.1 Å². The number of carbonyl (C=O) groups is 4. The van der Waals surface area contributed by atoms with E-state index in [4.69, 9.17) is 14.6 Å². The summed E-state index contributed by atoms with van der Waals surface area (Å²) in [7, 11) is 1.38. The van der Waals surface area contributed by atoms with Crippen molar-refractivity contribution < 1.29 is 38.1 Å². The Morgan fingerprint density at radius 2 is 1.94 bits per heavy atom. The minimum Gasteiger partial charge on any atom is -0.493 e. The fourth-order valence-electron chi connectivity index (χ4n) is 2.85. The monoisotopic (exact) mass is 521 g/mol. The van der Waals surface area contributed by atoms with Gasteiger partial charge >= 0.3 is 12.0 Å². The molecule has 2 aromatic carbocycles. The third-order valence-electron chi connectivity index (χ3n) is 4.29. The van der Waals surface area contributed by atoms with Gasteiger partial charge in [-0.1, -0.05) is 0 Å². The van der Waals surface area contributed by atoms with Crippen LogP contribution >= 0.6 is 15.9 Å². The fraction of sp³-hybridized carbons (Fsp3) is 0.143. The average Bonchev–Trinajstić information content (AvgIpc) is 3.01. The van der Waals surface area contributed by atoms with Crippen molar-refractivity contribution in [3.63, 3.8) is 0 Å². The van der Waals surface area contributed by atoms with E-state index in [2.05, 4.69) is 26.6 Å². The second-order valence-corrected chi connectivity index (χ2v) is 7.51. The smallest absolute Gasteiger partial charge is 0.329 e. The molecule has 3 rings (SSSR count). The lowest BCUT2D eigenvalue weighted by atomic mass is 10.1. The first-order chi connectivity index (χ1) is 15.7. The molecule has 172 valence electrons. The van der Waals surface area contributed by atoms with E-state index in [0.29, 0.717) is 20.6 Å². The molecule has 0 spiro atoms. The number of carboxylic acids is 1. The van der Waals surface area contributed by atoms with Gasteiger partial charge < -0.3 is 25.2 Å². The number of imide groups is 1. The Kier molecular flexibility index (Phi) is 7.28. The number of carbonyl (C=O) groups excluding carboxylic acids is 3. The molecule has 0 atom stereocenters. The zero-order valence-corrected chi connectivity index (χ0v) is 18.6. The van der Waals surface area contributed by atoms with Crippen LogP contribution in [0.4, 0.5) is 14.9 Å². The van der Waals surface area contributed by atoms with Crippen LogP contribution in [0.5, 0.6) is 11.5 Å². The molecule has 3 N–H and O–H groups in total. The van der Waals surface area contributed by atoms with E-state index in [9.17, 15) is 23.6 Å². The summed E-state index contributed by atoms with van der Waals surface area (Å²) in [6.07, 6.45) is 1.35. The van der Waals surface area contributed by atoms with Gasteiger partial charge in [-0.15, -0.1) is 0 Å². The highest BCUT2D eigenvalue weighted by Crippen LogP contribution is 2.37. The SMILES string of the molecule is COc1cc(/C=C2/NC(=O)N(CC(=O)O)C2=O)cc(Br)c1OCC(=O)Nc1ccc(F)cc1. The number of amides is 4. The van der Waals surface area contributed by atoms with Crippen LogP contribution in [0.25, 0.3) is 6.08 Å². The Hall–Kier alpha value is -3.93. The van der Waals surface area contributed by atoms with Gasteiger partial charge in [-0.05, 0) is 64.0 Å². The highest BCUT2D eigenvalue weighted by molar-refractivity contribution is 9.10. The molecular formula is C21H17BrFN3O7. The van der Waals surface area contributed by atoms with Crippen LogP contribution in [-0.2, 0) is 14.4 Å². The van der Waals surface area contributed by atoms with Crippen molar-refractivity contribution in [2.45, 2.75) is 0 Å². The van der Waals surface area contributed by atoms with Gasteiger partial charge in [0.05, 0.1) is 11.6 Å². The Labute approximate surface area is 195 Å². The van der Waals surface area contributed by atoms with Crippen LogP contribution in [0, 0.1) is 5.82 Å². The van der Waals surface area contributed by atoms with Gasteiger partial charge in [0.15, 0.2) is 18.1 Å². The number of hydrogen-bond acceptors (Lipinski definition) is 6. The third-order valence-corrected chi connectivity index (χ3v) is 4.88. The van der Waals surface area contributed by atoms with Crippen molar-refractivity contribution in [1.29, 1.82) is 0 Å². The second kappa shape index (κ2) is 10.1. The second-order valence-electron chi connectivity index (χ2n) is 6.65. The van der Waals surface area contributed by atoms with E-state index >= 15 is 0 Å². The lowest BCUT2D eigenvalue weighted by molar-refractivity contribution is -0.140. The summed E-state index contributed by atoms with van der Waals surface area (Å²) in [4.78, 5) is 47.7. The summed E-state index contributed by atoms with van der Waals surface area (Å²) in [6, 6.07) is 7.46. The van der Waals surface area contributed by atoms with Crippen molar-refractivity contribution in [1.82, 2.24) is 10.2 Å². The van der Waals surface area contributed by atoms with Gasteiger partial charge in [-0.2, -0.15) is 0 Å². The maximum atomic E-state index is 13.0. The lowest BCUT2D eigenvalue weighted by Crippen LogP contribution is -2.35. The molecule has 0 unspecified atom stereocenters. The number of urea groups is 1. The molecule has 4 amide bonds. The molecule has 1 aliphatic rings. The molecule has 10 nitrogen and oxygen atoms in total. The normalized spacial score (nSPS) is 14.3. The minimum absolute atomic E-state index is 0.109. The van der Waals surface area contributed by atoms with Crippen molar-refractivity contribution >= 4 is 51.5 Å². The van der Waals surface area contributed by atoms with Gasteiger partial charge in [0.25, 0.3) is 11.8 Å². The van der Waals surface area contributed by atoms with E-state index in [1.165, 1.54) is 43.5 Å². The zero-order valence-electron chi connectivity index (χ0n) is 17.1. The van der Waals surface area contributed by atoms with Gasteiger partial charge in [-0.3, -0.25) is 14.4 Å². The van der Waals surface area contributed by atoms with Gasteiger partial charge in [0.2, 0.25) is 0 Å². The molecule has 0 bridgehead atoms. The minimum atomic E-state index is -1.32. The third kappa shape index (κ3) is 5.86. The summed E-state index contributed by atoms with van der Waals surface area (Å²) in [5.41, 5.74) is 0.725. The van der Waals surface area contributed by atoms with E-state index in [1.54, 1.807) is 6.07 Å². The lowest BCUT2D eigenvalue weighted by Gasteiger charge is -2.14. The first-order valence-corrected chi connectivity index (χ1v) is 10.1. The van der Waals surface area contributed by atoms with E-state index < -0.39 is 36.2 Å². The molecule has 33 heavy (non-hydrogen) atoms. The number of hydrogen-bond donors (Lipinski definition) is 3. The number of benzene rings is 2. The van der Waals surface area contributed by atoms with Crippen LogP contribution in [0.2, 0.25) is 0 Å². The predicted octanol–water partition coefficient (Wildman–Crippen LogP) is 2.59. The molecule has 1 heterocycles. The van der Waals surface area contributed by atoms with Crippen LogP contribution in [0.15, 0.2) is 46.6 Å². The Morgan fingerprint density at radius 1 is 1.24 bits per heavy atom. The van der Waals surface area contributed by atoms with Gasteiger partial charge in [0, 0.05) is 5.69 Å². The maximum absolute atomic E-state index is 13.0. The van der Waals surface area contributed by atoms with Crippen LogP contribution in [-0.4, -0.2) is 54.1 Å². The molecule has 0 aromatic heterocycles. The largest absolute Gasteiger partial charge is 0.493 e. The Balaban J connectivity index is 1.73. The van der Waals surface area contributed by atoms with Crippen molar-refractivity contribution in [3.8, 4) is 11.5 Å². The van der Waals surface area contributed by atoms with Crippen molar-refractivity contribution in [2.24, 2.45) is 0 Å². The van der Waals surface area contributed by atoms with E-state index in [1.807, 2.05) is 0 Å². The van der Waals surface area contributed by atoms with Gasteiger partial charge in [-0.25, -0.2) is 14.1 Å². The molecule has 1 fully saturated rings. The predicted molar refractivity (Wildman–Crippen MR) is 117 cm³/mol. The number of ether oxygens (including phenoxy) is 2. The summed E-state index contributed by atoms with van der Waals surface area (Å²) in [5.74, 6) is -2.58. The van der Waals surface area contributed by atoms with E-state index in [-0.39, 0.29) is 23.8 Å². The molecule has 0 radical (unpaired) electrons. The van der Waals surface area contributed by atoms with E-state index in [0.717, 1.165) is 0 Å². The molecule has 12 heteroatoms. The average molecular weight is 522 g/mol. The van der Waals surface area contributed by atoms with Crippen molar-refractivity contribution in [2.75, 3.05) is 25.6 Å². The standard InChI is InChI=1S/C21H17BrFN3O7/c1-32-16-8-11(7-15-20(30)26(9-18(28)29)21(31)25-15)6-14(22)19(16)33-10-17(27)24-13-4-2-12(23)3-5-13/h2-8H,9-10H2,1H3,(H,24,27)(H,25,31)(H,28,29)/b15-7+. The number of halogens is 2. The number of nitrogens with one attached hydrogen (secondary N) is 2. The molecule has 1 saturated heterocycles. The number of rotatable bonds is 8. The molecule has 2 aromatic rings. The Morgan fingerprint density at radius 3 is 2.58 bits per heavy atom. The Bertz CT molecular complexity index is 1150. The fourth-order valence-corrected chi connectivity index (χ4v) is 3.42. The quantitative estimate of drug-likeness (QED) is 0.359. The van der Waals surface area contributed by atoms with Crippen LogP contribution in [0.1, 0.15) is 5.56 Å². The molecule has 1 aliphatic heterocycles. The molecular weight excluding hydrogens is 505 g/mol. The summed E-state index contributed by atoms with van der Waals surface area (Å²) in [6.45, 7) is -1.13. The number of methoxy groups -OCH3 is 1. The highest BCUT2D eigenvalue weighted by Gasteiger charge is 2.34. The highest BCUT2D eigenvalue weighted by atomic mass is 79.9. The summed E-state index contributed by atoms with van der Waals surface area (Å²) >= 11 is 3.32. The first kappa shape index (κ1) is 23.7.